The number of methoxy groups -OCH3 is 1. The van der Waals surface area contributed by atoms with Gasteiger partial charge in [-0.3, -0.25) is 9.89 Å². The van der Waals surface area contributed by atoms with Gasteiger partial charge in [-0.25, -0.2) is 15.2 Å². The highest BCUT2D eigenvalue weighted by atomic mass is 16.5. The smallest absolute Gasteiger partial charge is 0.239 e. The van der Waals surface area contributed by atoms with Gasteiger partial charge >= 0.3 is 0 Å². The molecule has 0 fully saturated rings. The van der Waals surface area contributed by atoms with Crippen LogP contribution in [0.1, 0.15) is 19.4 Å². The van der Waals surface area contributed by atoms with E-state index < -0.39 is 0 Å². The molecule has 1 amide bonds. The predicted octanol–water partition coefficient (Wildman–Crippen LogP) is 1.04. The second-order valence-electron chi connectivity index (χ2n) is 4.88. The average molecular weight is 327 g/mol. The maximum atomic E-state index is 12.5. The number of hydrogen-bond donors (Lipinski definition) is 0. The zero-order valence-electron chi connectivity index (χ0n) is 13.4. The summed E-state index contributed by atoms with van der Waals surface area (Å²) in [7, 11) is 1.57. The Hall–Kier alpha value is -3.23. The molecule has 2 heterocycles. The number of anilines is 1. The van der Waals surface area contributed by atoms with E-state index in [1.807, 2.05) is 13.0 Å². The molecule has 0 spiro atoms. The Kier molecular flexibility index (Phi) is 4.23. The van der Waals surface area contributed by atoms with E-state index in [1.165, 1.54) is 0 Å². The number of rotatable bonds is 5. The highest BCUT2D eigenvalue weighted by molar-refractivity contribution is 6.31. The minimum Gasteiger partial charge on any atom is -0.493 e. The number of benzene rings is 1. The molecule has 0 atom stereocenters. The second kappa shape index (κ2) is 6.49. The van der Waals surface area contributed by atoms with Crippen LogP contribution in [0, 0.1) is 0 Å². The van der Waals surface area contributed by atoms with E-state index in [9.17, 15) is 4.79 Å². The van der Waals surface area contributed by atoms with Crippen LogP contribution >= 0.6 is 0 Å². The Morgan fingerprint density at radius 2 is 2.17 bits per heavy atom. The zero-order valence-corrected chi connectivity index (χ0v) is 13.4. The summed E-state index contributed by atoms with van der Waals surface area (Å²) in [6.45, 7) is 4.17. The number of carbonyl (C=O) groups excluding carboxylic acids is 1. The Labute approximate surface area is 137 Å². The minimum absolute atomic E-state index is 0.0482. The van der Waals surface area contributed by atoms with Crippen LogP contribution < -0.4 is 19.6 Å². The quantitative estimate of drug-likeness (QED) is 0.756. The number of aromatic nitrogens is 4. The molecule has 0 radical (unpaired) electrons. The van der Waals surface area contributed by atoms with Crippen LogP contribution in [0.5, 0.6) is 11.5 Å². The van der Waals surface area contributed by atoms with Crippen LogP contribution in [0.15, 0.2) is 28.9 Å². The van der Waals surface area contributed by atoms with Crippen molar-refractivity contribution < 1.29 is 14.3 Å². The molecule has 9 heteroatoms. The lowest BCUT2D eigenvalue weighted by molar-refractivity contribution is -0.114. The lowest BCUT2D eigenvalue weighted by Gasteiger charge is -2.12. The van der Waals surface area contributed by atoms with Crippen LogP contribution in [-0.2, 0) is 4.79 Å². The molecule has 0 N–H and O–H groups in total. The highest BCUT2D eigenvalue weighted by Gasteiger charge is 2.26. The Morgan fingerprint density at radius 3 is 2.83 bits per heavy atom. The van der Waals surface area contributed by atoms with Crippen LogP contribution in [0.2, 0.25) is 0 Å². The normalized spacial score (nSPS) is 15.8. The Balaban J connectivity index is 1.91. The number of hydrazone groups is 1. The number of tetrazole rings is 1. The molecule has 2 aromatic rings. The minimum atomic E-state index is -0.338. The van der Waals surface area contributed by atoms with Crippen molar-refractivity contribution in [1.29, 1.82) is 0 Å². The highest BCUT2D eigenvalue weighted by Crippen LogP contribution is 2.30. The van der Waals surface area contributed by atoms with Gasteiger partial charge in [-0.15, -0.1) is 5.21 Å². The average Bonchev–Trinajstić information content (AvgIpc) is 3.20. The summed E-state index contributed by atoms with van der Waals surface area (Å²) in [5, 5.41) is 19.2. The van der Waals surface area contributed by atoms with Gasteiger partial charge < -0.3 is 9.47 Å². The first kappa shape index (κ1) is 15.7. The van der Waals surface area contributed by atoms with Crippen LogP contribution in [0.4, 0.5) is 5.95 Å². The van der Waals surface area contributed by atoms with Gasteiger partial charge in [0, 0.05) is 0 Å². The first-order valence-electron chi connectivity index (χ1n) is 7.25. The number of hydrogen-bond acceptors (Lipinski definition) is 7. The van der Waals surface area contributed by atoms with Gasteiger partial charge in [0.2, 0.25) is 5.91 Å². The molecule has 1 aliphatic rings. The molecule has 9 nitrogen and oxygen atoms in total. The summed E-state index contributed by atoms with van der Waals surface area (Å²) in [5.74, 6) is 0.951. The molecule has 124 valence electrons. The topological polar surface area (TPSA) is 104 Å². The molecule has 0 aliphatic carbocycles. The van der Waals surface area contributed by atoms with E-state index in [0.29, 0.717) is 29.4 Å². The van der Waals surface area contributed by atoms with Crippen molar-refractivity contribution >= 4 is 23.6 Å². The van der Waals surface area contributed by atoms with Crippen molar-refractivity contribution in [2.75, 3.05) is 18.7 Å². The molecule has 24 heavy (non-hydrogen) atoms. The third-order valence-corrected chi connectivity index (χ3v) is 3.36. The van der Waals surface area contributed by atoms with Crippen molar-refractivity contribution in [3.05, 3.63) is 29.3 Å². The monoisotopic (exact) mass is 327 g/mol. The van der Waals surface area contributed by atoms with Crippen molar-refractivity contribution in [1.82, 2.24) is 20.6 Å². The SMILES string of the molecule is CCOc1ccc(/C=C2\C(=O)N(c3nnn[n-]3)N=C2C)cc1OC. The lowest BCUT2D eigenvalue weighted by Crippen LogP contribution is -2.22. The Morgan fingerprint density at radius 1 is 1.33 bits per heavy atom. The Bertz CT molecular complexity index is 813. The molecular formula is C15H15N6O3-. The number of carbonyl (C=O) groups is 1. The van der Waals surface area contributed by atoms with Gasteiger partial charge in [0.25, 0.3) is 0 Å². The summed E-state index contributed by atoms with van der Waals surface area (Å²) in [5.41, 5.74) is 1.78. The van der Waals surface area contributed by atoms with E-state index in [0.717, 1.165) is 10.6 Å². The van der Waals surface area contributed by atoms with Gasteiger partial charge in [-0.2, -0.15) is 5.21 Å². The number of nitrogens with zero attached hydrogens (tertiary/aromatic N) is 6. The standard InChI is InChI=1S/C15H15N6O3/c1-4-24-12-6-5-10(8-13(12)23-3)7-11-9(2)18-21(14(11)22)15-16-19-20-17-15/h5-8H,4H2,1-3H3/q-1/b11-7-. The largest absolute Gasteiger partial charge is 0.493 e. The maximum Gasteiger partial charge on any atom is 0.239 e. The first-order valence-corrected chi connectivity index (χ1v) is 7.25. The third kappa shape index (κ3) is 2.83. The van der Waals surface area contributed by atoms with E-state index in [4.69, 9.17) is 9.47 Å². The molecule has 1 aromatic carbocycles. The fraction of sp³-hybridized carbons (Fsp3) is 0.267. The van der Waals surface area contributed by atoms with Crippen molar-refractivity contribution in [3.63, 3.8) is 0 Å². The molecule has 0 saturated carbocycles. The molecular weight excluding hydrogens is 312 g/mol. The lowest BCUT2D eigenvalue weighted by atomic mass is 10.1. The summed E-state index contributed by atoms with van der Waals surface area (Å²) >= 11 is 0. The van der Waals surface area contributed by atoms with Gasteiger partial charge in [-0.05, 0) is 37.6 Å². The van der Waals surface area contributed by atoms with Gasteiger partial charge in [0.15, 0.2) is 11.5 Å². The van der Waals surface area contributed by atoms with Crippen LogP contribution in [-0.4, -0.2) is 40.9 Å². The van der Waals surface area contributed by atoms with Gasteiger partial charge in [0.05, 0.1) is 25.0 Å². The third-order valence-electron chi connectivity index (χ3n) is 3.36. The van der Waals surface area contributed by atoms with E-state index in [1.54, 1.807) is 32.2 Å². The predicted molar refractivity (Wildman–Crippen MR) is 85.9 cm³/mol. The summed E-state index contributed by atoms with van der Waals surface area (Å²) in [6, 6.07) is 5.43. The van der Waals surface area contributed by atoms with Crippen molar-refractivity contribution in [2.45, 2.75) is 13.8 Å². The van der Waals surface area contributed by atoms with Gasteiger partial charge in [0.1, 0.15) is 5.95 Å². The van der Waals surface area contributed by atoms with E-state index in [2.05, 4.69) is 25.7 Å². The molecule has 1 aliphatic heterocycles. The summed E-state index contributed by atoms with van der Waals surface area (Å²) in [6.07, 6.45) is 1.73. The zero-order chi connectivity index (χ0) is 17.1. The van der Waals surface area contributed by atoms with Crippen LogP contribution in [0.25, 0.3) is 6.08 Å². The van der Waals surface area contributed by atoms with Crippen LogP contribution in [0.3, 0.4) is 0 Å². The fourth-order valence-corrected chi connectivity index (χ4v) is 2.26. The van der Waals surface area contributed by atoms with E-state index >= 15 is 0 Å². The molecule has 3 rings (SSSR count). The van der Waals surface area contributed by atoms with Crippen molar-refractivity contribution in [3.8, 4) is 11.5 Å². The molecule has 0 saturated heterocycles. The summed E-state index contributed by atoms with van der Waals surface area (Å²) < 4.78 is 10.8. The molecule has 0 unspecified atom stereocenters. The second-order valence-corrected chi connectivity index (χ2v) is 4.88. The van der Waals surface area contributed by atoms with E-state index in [-0.39, 0.29) is 11.9 Å². The van der Waals surface area contributed by atoms with Crippen molar-refractivity contribution in [2.24, 2.45) is 5.10 Å². The molecule has 0 bridgehead atoms. The number of amides is 1. The fourth-order valence-electron chi connectivity index (χ4n) is 2.26. The maximum absolute atomic E-state index is 12.5. The van der Waals surface area contributed by atoms with Gasteiger partial charge in [-0.1, -0.05) is 6.07 Å². The molecule has 1 aromatic heterocycles. The number of ether oxygens (including phenoxy) is 2. The summed E-state index contributed by atoms with van der Waals surface area (Å²) in [4.78, 5) is 12.5. The first-order chi connectivity index (χ1) is 11.6.